The fourth-order valence-electron chi connectivity index (χ4n) is 3.97. The van der Waals surface area contributed by atoms with Crippen molar-refractivity contribution in [1.29, 1.82) is 0 Å². The van der Waals surface area contributed by atoms with E-state index >= 15 is 0 Å². The number of aromatic nitrogens is 5. The van der Waals surface area contributed by atoms with E-state index in [2.05, 4.69) is 51.9 Å². The molecule has 3 aromatic heterocycles. The zero-order chi connectivity index (χ0) is 17.7. The second-order valence-electron chi connectivity index (χ2n) is 7.14. The highest BCUT2D eigenvalue weighted by molar-refractivity contribution is 5.81. The molecule has 0 bridgehead atoms. The predicted octanol–water partition coefficient (Wildman–Crippen LogP) is 4.36. The van der Waals surface area contributed by atoms with Crippen LogP contribution in [0.2, 0.25) is 0 Å². The highest BCUT2D eigenvalue weighted by Crippen LogP contribution is 2.35. The van der Waals surface area contributed by atoms with Crippen molar-refractivity contribution in [3.05, 3.63) is 65.1 Å². The van der Waals surface area contributed by atoms with Gasteiger partial charge in [0.25, 0.3) is 0 Å². The monoisotopic (exact) mass is 343 g/mol. The maximum Gasteiger partial charge on any atom is 0.197 e. The van der Waals surface area contributed by atoms with Crippen LogP contribution < -0.4 is 0 Å². The number of aromatic amines is 1. The van der Waals surface area contributed by atoms with Crippen LogP contribution in [-0.4, -0.2) is 24.7 Å². The molecule has 5 rings (SSSR count). The SMILES string of the molecule is Cc1ccc2[nH]c(-c3nc4n(n3)CCCC4c3ccccc3C)cc2n1. The van der Waals surface area contributed by atoms with Crippen LogP contribution in [0.15, 0.2) is 42.5 Å². The molecule has 0 radical (unpaired) electrons. The summed E-state index contributed by atoms with van der Waals surface area (Å²) in [5.74, 6) is 2.15. The smallest absolute Gasteiger partial charge is 0.197 e. The minimum atomic E-state index is 0.316. The highest BCUT2D eigenvalue weighted by atomic mass is 15.4. The van der Waals surface area contributed by atoms with Gasteiger partial charge in [-0.15, -0.1) is 5.10 Å². The number of H-pyrrole nitrogens is 1. The minimum absolute atomic E-state index is 0.316. The molecule has 0 spiro atoms. The van der Waals surface area contributed by atoms with Crippen LogP contribution in [0, 0.1) is 13.8 Å². The molecule has 1 aliphatic rings. The molecule has 4 heterocycles. The predicted molar refractivity (Wildman–Crippen MR) is 102 cm³/mol. The molecule has 26 heavy (non-hydrogen) atoms. The number of nitrogens with zero attached hydrogens (tertiary/aromatic N) is 4. The lowest BCUT2D eigenvalue weighted by Crippen LogP contribution is -2.18. The lowest BCUT2D eigenvalue weighted by molar-refractivity contribution is 0.445. The van der Waals surface area contributed by atoms with Gasteiger partial charge >= 0.3 is 0 Å². The Morgan fingerprint density at radius 3 is 2.85 bits per heavy atom. The molecule has 0 aliphatic carbocycles. The average molecular weight is 343 g/mol. The Bertz CT molecular complexity index is 1100. The standard InChI is InChI=1S/C21H21N5/c1-13-6-3-4-7-15(13)16-8-5-11-26-21(16)24-20(25-26)19-12-18-17(23-19)10-9-14(2)22-18/h3-4,6-7,9-10,12,16,23H,5,8,11H2,1-2H3. The van der Waals surface area contributed by atoms with E-state index in [0.29, 0.717) is 5.92 Å². The van der Waals surface area contributed by atoms with E-state index in [1.165, 1.54) is 11.1 Å². The van der Waals surface area contributed by atoms with Crippen molar-refractivity contribution >= 4 is 11.0 Å². The van der Waals surface area contributed by atoms with Crippen molar-refractivity contribution in [3.8, 4) is 11.5 Å². The van der Waals surface area contributed by atoms with Crippen LogP contribution in [0.1, 0.15) is 41.4 Å². The van der Waals surface area contributed by atoms with Gasteiger partial charge in [0.05, 0.1) is 16.7 Å². The number of hydrogen-bond acceptors (Lipinski definition) is 3. The Labute approximate surface area is 152 Å². The molecule has 5 nitrogen and oxygen atoms in total. The summed E-state index contributed by atoms with van der Waals surface area (Å²) >= 11 is 0. The van der Waals surface area contributed by atoms with E-state index in [-0.39, 0.29) is 0 Å². The fourth-order valence-corrected chi connectivity index (χ4v) is 3.97. The third-order valence-electron chi connectivity index (χ3n) is 5.29. The number of benzene rings is 1. The van der Waals surface area contributed by atoms with Crippen molar-refractivity contribution in [3.63, 3.8) is 0 Å². The van der Waals surface area contributed by atoms with Crippen molar-refractivity contribution in [1.82, 2.24) is 24.7 Å². The minimum Gasteiger partial charge on any atom is -0.351 e. The molecule has 1 aromatic carbocycles. The maximum absolute atomic E-state index is 4.93. The second-order valence-corrected chi connectivity index (χ2v) is 7.14. The molecule has 1 N–H and O–H groups in total. The topological polar surface area (TPSA) is 59.4 Å². The molecule has 5 heteroatoms. The number of aryl methyl sites for hydroxylation is 3. The van der Waals surface area contributed by atoms with Crippen molar-refractivity contribution in [2.45, 2.75) is 39.2 Å². The summed E-state index contributed by atoms with van der Waals surface area (Å²) in [5.41, 5.74) is 6.61. The van der Waals surface area contributed by atoms with Gasteiger partial charge in [0.1, 0.15) is 5.82 Å². The van der Waals surface area contributed by atoms with Gasteiger partial charge in [0.2, 0.25) is 0 Å². The van der Waals surface area contributed by atoms with Gasteiger partial charge in [-0.2, -0.15) is 0 Å². The Morgan fingerprint density at radius 2 is 1.96 bits per heavy atom. The Balaban J connectivity index is 1.60. The summed E-state index contributed by atoms with van der Waals surface area (Å²) in [7, 11) is 0. The maximum atomic E-state index is 4.93. The molecular formula is C21H21N5. The number of rotatable bonds is 2. The van der Waals surface area contributed by atoms with Gasteiger partial charge in [-0.25, -0.2) is 9.67 Å². The van der Waals surface area contributed by atoms with Gasteiger partial charge in [-0.1, -0.05) is 24.3 Å². The van der Waals surface area contributed by atoms with Gasteiger partial charge in [0, 0.05) is 18.2 Å². The molecule has 0 saturated carbocycles. The quantitative estimate of drug-likeness (QED) is 0.588. The second kappa shape index (κ2) is 5.80. The molecule has 4 aromatic rings. The first-order chi connectivity index (χ1) is 12.7. The summed E-state index contributed by atoms with van der Waals surface area (Å²) in [6.45, 7) is 5.12. The van der Waals surface area contributed by atoms with Gasteiger partial charge in [-0.3, -0.25) is 4.98 Å². The average Bonchev–Trinajstić information content (AvgIpc) is 3.25. The number of hydrogen-bond donors (Lipinski definition) is 1. The summed E-state index contributed by atoms with van der Waals surface area (Å²) in [4.78, 5) is 12.9. The van der Waals surface area contributed by atoms with Gasteiger partial charge < -0.3 is 4.98 Å². The van der Waals surface area contributed by atoms with Crippen LogP contribution >= 0.6 is 0 Å². The van der Waals surface area contributed by atoms with E-state index in [4.69, 9.17) is 10.1 Å². The van der Waals surface area contributed by atoms with E-state index < -0.39 is 0 Å². The lowest BCUT2D eigenvalue weighted by Gasteiger charge is -2.23. The number of pyridine rings is 1. The molecule has 1 unspecified atom stereocenters. The Hall–Kier alpha value is -2.95. The first-order valence-electron chi connectivity index (χ1n) is 9.16. The summed E-state index contributed by atoms with van der Waals surface area (Å²) in [6, 6.07) is 14.7. The third kappa shape index (κ3) is 2.43. The van der Waals surface area contributed by atoms with E-state index in [0.717, 1.165) is 53.5 Å². The normalized spacial score (nSPS) is 16.8. The third-order valence-corrected chi connectivity index (χ3v) is 5.29. The molecule has 1 aliphatic heterocycles. The summed E-state index contributed by atoms with van der Waals surface area (Å²) < 4.78 is 2.08. The number of fused-ring (bicyclic) bond motifs is 2. The fraction of sp³-hybridized carbons (Fsp3) is 0.286. The molecule has 0 fully saturated rings. The van der Waals surface area contributed by atoms with Crippen LogP contribution in [0.5, 0.6) is 0 Å². The number of nitrogens with one attached hydrogen (secondary N) is 1. The zero-order valence-corrected chi connectivity index (χ0v) is 15.0. The molecule has 1 atom stereocenters. The molecule has 0 amide bonds. The van der Waals surface area contributed by atoms with Crippen molar-refractivity contribution in [2.24, 2.45) is 0 Å². The van der Waals surface area contributed by atoms with Gasteiger partial charge in [0.15, 0.2) is 5.82 Å². The van der Waals surface area contributed by atoms with E-state index in [1.807, 2.05) is 19.1 Å². The van der Waals surface area contributed by atoms with Crippen LogP contribution in [-0.2, 0) is 6.54 Å². The van der Waals surface area contributed by atoms with Crippen LogP contribution in [0.3, 0.4) is 0 Å². The van der Waals surface area contributed by atoms with Crippen LogP contribution in [0.4, 0.5) is 0 Å². The molecular weight excluding hydrogens is 322 g/mol. The van der Waals surface area contributed by atoms with E-state index in [9.17, 15) is 0 Å². The van der Waals surface area contributed by atoms with Crippen molar-refractivity contribution in [2.75, 3.05) is 0 Å². The van der Waals surface area contributed by atoms with Gasteiger partial charge in [-0.05, 0) is 56.0 Å². The summed E-state index contributed by atoms with van der Waals surface area (Å²) in [6.07, 6.45) is 2.25. The Morgan fingerprint density at radius 1 is 1.08 bits per heavy atom. The molecule has 0 saturated heterocycles. The first kappa shape index (κ1) is 15.3. The largest absolute Gasteiger partial charge is 0.351 e. The lowest BCUT2D eigenvalue weighted by atomic mass is 9.88. The van der Waals surface area contributed by atoms with Crippen LogP contribution in [0.25, 0.3) is 22.6 Å². The zero-order valence-electron chi connectivity index (χ0n) is 15.0. The molecule has 130 valence electrons. The highest BCUT2D eigenvalue weighted by Gasteiger charge is 2.27. The summed E-state index contributed by atoms with van der Waals surface area (Å²) in [5, 5.41) is 4.79. The first-order valence-corrected chi connectivity index (χ1v) is 9.16. The van der Waals surface area contributed by atoms with E-state index in [1.54, 1.807) is 0 Å². The van der Waals surface area contributed by atoms with Crippen molar-refractivity contribution < 1.29 is 0 Å². The Kier molecular flexibility index (Phi) is 3.42.